The molecule has 0 aromatic carbocycles. The summed E-state index contributed by atoms with van der Waals surface area (Å²) in [6, 6.07) is 4.13. The van der Waals surface area contributed by atoms with E-state index in [1.165, 1.54) is 37.0 Å². The number of hydrogen-bond acceptors (Lipinski definition) is 3. The number of nitrogens with two attached hydrogens (primary N) is 1. The number of thiophene rings is 1. The molecule has 2 atom stereocenters. The Kier molecular flexibility index (Phi) is 5.01. The van der Waals surface area contributed by atoms with Crippen LogP contribution < -0.4 is 5.73 Å². The summed E-state index contributed by atoms with van der Waals surface area (Å²) in [6.45, 7) is 0.550. The van der Waals surface area contributed by atoms with E-state index >= 15 is 0 Å². The lowest BCUT2D eigenvalue weighted by Crippen LogP contribution is -2.28. The van der Waals surface area contributed by atoms with Crippen LogP contribution in [-0.2, 0) is 0 Å². The van der Waals surface area contributed by atoms with Crippen LogP contribution in [-0.4, -0.2) is 17.8 Å². The highest BCUT2D eigenvalue weighted by Crippen LogP contribution is 2.32. The van der Waals surface area contributed by atoms with Gasteiger partial charge in [-0.25, -0.2) is 0 Å². The molecule has 1 saturated carbocycles. The molecule has 2 unspecified atom stereocenters. The Hall–Kier alpha value is -0.380. The van der Waals surface area contributed by atoms with E-state index in [4.69, 9.17) is 5.73 Å². The van der Waals surface area contributed by atoms with E-state index in [-0.39, 0.29) is 12.0 Å². The average Bonchev–Trinajstić information content (AvgIpc) is 2.85. The first-order valence-electron chi connectivity index (χ1n) is 6.72. The van der Waals surface area contributed by atoms with Crippen LogP contribution in [0, 0.1) is 5.92 Å². The predicted molar refractivity (Wildman–Crippen MR) is 73.3 cm³/mol. The molecule has 0 amide bonds. The van der Waals surface area contributed by atoms with Gasteiger partial charge in [-0.3, -0.25) is 0 Å². The van der Waals surface area contributed by atoms with E-state index in [0.29, 0.717) is 12.5 Å². The van der Waals surface area contributed by atoms with Crippen LogP contribution in [0.25, 0.3) is 0 Å². The molecule has 3 N–H and O–H groups in total. The highest BCUT2D eigenvalue weighted by Gasteiger charge is 2.24. The zero-order chi connectivity index (χ0) is 12.1. The Balaban J connectivity index is 1.90. The second-order valence-corrected chi connectivity index (χ2v) is 6.14. The molecule has 1 fully saturated rings. The second kappa shape index (κ2) is 6.53. The van der Waals surface area contributed by atoms with Crippen molar-refractivity contribution < 1.29 is 5.11 Å². The van der Waals surface area contributed by atoms with Crippen LogP contribution >= 0.6 is 11.3 Å². The Morgan fingerprint density at radius 2 is 2.12 bits per heavy atom. The maximum Gasteiger partial charge on any atom is 0.0631 e. The van der Waals surface area contributed by atoms with Crippen molar-refractivity contribution in [3.05, 3.63) is 22.4 Å². The first kappa shape index (κ1) is 13.1. The van der Waals surface area contributed by atoms with Gasteiger partial charge in [0.25, 0.3) is 0 Å². The summed E-state index contributed by atoms with van der Waals surface area (Å²) in [5, 5.41) is 12.4. The van der Waals surface area contributed by atoms with Gasteiger partial charge in [0.05, 0.1) is 6.10 Å². The summed E-state index contributed by atoms with van der Waals surface area (Å²) in [5.74, 6) is 0.852. The maximum absolute atomic E-state index is 10.4. The average molecular weight is 253 g/mol. The quantitative estimate of drug-likeness (QED) is 0.847. The van der Waals surface area contributed by atoms with Crippen LogP contribution in [0.15, 0.2) is 17.5 Å². The van der Waals surface area contributed by atoms with Crippen molar-refractivity contribution in [3.8, 4) is 0 Å². The number of aliphatic hydroxyl groups is 1. The lowest BCUT2D eigenvalue weighted by molar-refractivity contribution is 0.107. The van der Waals surface area contributed by atoms with Crippen molar-refractivity contribution in [3.63, 3.8) is 0 Å². The van der Waals surface area contributed by atoms with Gasteiger partial charge in [0.2, 0.25) is 0 Å². The van der Waals surface area contributed by atoms with Gasteiger partial charge in [-0.05, 0) is 23.8 Å². The molecular weight excluding hydrogens is 230 g/mol. The molecule has 3 heteroatoms. The zero-order valence-corrected chi connectivity index (χ0v) is 11.2. The molecule has 0 radical (unpaired) electrons. The molecule has 96 valence electrons. The van der Waals surface area contributed by atoms with E-state index in [1.54, 1.807) is 11.3 Å². The van der Waals surface area contributed by atoms with Crippen LogP contribution in [0.5, 0.6) is 0 Å². The molecule has 1 aromatic rings. The highest BCUT2D eigenvalue weighted by molar-refractivity contribution is 7.10. The predicted octanol–water partition coefficient (Wildman–Crippen LogP) is 3.12. The molecular formula is C14H23NOS. The molecule has 1 aliphatic rings. The van der Waals surface area contributed by atoms with Gasteiger partial charge in [-0.1, -0.05) is 38.2 Å². The third-order valence-electron chi connectivity index (χ3n) is 3.93. The maximum atomic E-state index is 10.4. The van der Waals surface area contributed by atoms with Crippen LogP contribution in [0.1, 0.15) is 49.3 Å². The van der Waals surface area contributed by atoms with Crippen molar-refractivity contribution in [1.82, 2.24) is 0 Å². The second-order valence-electron chi connectivity index (χ2n) is 5.16. The Morgan fingerprint density at radius 1 is 1.35 bits per heavy atom. The molecule has 0 bridgehead atoms. The summed E-state index contributed by atoms with van der Waals surface area (Å²) in [7, 11) is 0. The van der Waals surface area contributed by atoms with Crippen molar-refractivity contribution in [2.24, 2.45) is 11.7 Å². The molecule has 0 spiro atoms. The highest BCUT2D eigenvalue weighted by atomic mass is 32.1. The molecule has 1 aromatic heterocycles. The zero-order valence-electron chi connectivity index (χ0n) is 10.3. The van der Waals surface area contributed by atoms with Gasteiger partial charge in [0, 0.05) is 17.3 Å². The van der Waals surface area contributed by atoms with Crippen LogP contribution in [0.2, 0.25) is 0 Å². The smallest absolute Gasteiger partial charge is 0.0631 e. The molecule has 2 rings (SSSR count). The lowest BCUT2D eigenvalue weighted by Gasteiger charge is -2.27. The monoisotopic (exact) mass is 253 g/mol. The minimum Gasteiger partial charge on any atom is -0.392 e. The fourth-order valence-electron chi connectivity index (χ4n) is 2.89. The first-order valence-corrected chi connectivity index (χ1v) is 7.60. The minimum absolute atomic E-state index is 0.136. The Bertz CT molecular complexity index is 306. The summed E-state index contributed by atoms with van der Waals surface area (Å²) in [4.78, 5) is 1.23. The van der Waals surface area contributed by atoms with Gasteiger partial charge in [-0.2, -0.15) is 0 Å². The fraction of sp³-hybridized carbons (Fsp3) is 0.714. The lowest BCUT2D eigenvalue weighted by atomic mass is 9.82. The summed E-state index contributed by atoms with van der Waals surface area (Å²) >= 11 is 1.71. The Morgan fingerprint density at radius 3 is 2.71 bits per heavy atom. The molecule has 0 saturated heterocycles. The fourth-order valence-corrected chi connectivity index (χ4v) is 3.79. The van der Waals surface area contributed by atoms with Crippen LogP contribution in [0.4, 0.5) is 0 Å². The SMILES string of the molecule is NCC(c1cccs1)C(O)CC1CCCCC1. The van der Waals surface area contributed by atoms with Gasteiger partial charge in [-0.15, -0.1) is 11.3 Å². The van der Waals surface area contributed by atoms with Crippen molar-refractivity contribution in [1.29, 1.82) is 0 Å². The largest absolute Gasteiger partial charge is 0.392 e. The van der Waals surface area contributed by atoms with E-state index in [1.807, 2.05) is 6.07 Å². The van der Waals surface area contributed by atoms with Gasteiger partial charge < -0.3 is 10.8 Å². The summed E-state index contributed by atoms with van der Waals surface area (Å²) in [5.41, 5.74) is 5.82. The molecule has 17 heavy (non-hydrogen) atoms. The standard InChI is InChI=1S/C14H23NOS/c15-10-12(14-7-4-8-17-14)13(16)9-11-5-2-1-3-6-11/h4,7-8,11-13,16H,1-3,5-6,9-10,15H2. The van der Waals surface area contributed by atoms with Gasteiger partial charge in [0.1, 0.15) is 0 Å². The topological polar surface area (TPSA) is 46.2 Å². The van der Waals surface area contributed by atoms with Crippen molar-refractivity contribution >= 4 is 11.3 Å². The number of hydrogen-bond donors (Lipinski definition) is 2. The third-order valence-corrected chi connectivity index (χ3v) is 4.93. The number of rotatable bonds is 5. The summed E-state index contributed by atoms with van der Waals surface area (Å²) < 4.78 is 0. The van der Waals surface area contributed by atoms with Gasteiger partial charge in [0.15, 0.2) is 0 Å². The van der Waals surface area contributed by atoms with Crippen LogP contribution in [0.3, 0.4) is 0 Å². The van der Waals surface area contributed by atoms with E-state index in [0.717, 1.165) is 6.42 Å². The Labute approximate surface area is 108 Å². The third kappa shape index (κ3) is 3.54. The molecule has 2 nitrogen and oxygen atoms in total. The normalized spacial score (nSPS) is 21.3. The van der Waals surface area contributed by atoms with Crippen molar-refractivity contribution in [2.75, 3.05) is 6.54 Å². The van der Waals surface area contributed by atoms with Crippen molar-refractivity contribution in [2.45, 2.75) is 50.5 Å². The van der Waals surface area contributed by atoms with E-state index in [9.17, 15) is 5.11 Å². The summed E-state index contributed by atoms with van der Waals surface area (Å²) in [6.07, 6.45) is 7.30. The minimum atomic E-state index is -0.262. The van der Waals surface area contributed by atoms with E-state index in [2.05, 4.69) is 11.4 Å². The first-order chi connectivity index (χ1) is 8.31. The van der Waals surface area contributed by atoms with E-state index < -0.39 is 0 Å². The molecule has 1 aliphatic carbocycles. The van der Waals surface area contributed by atoms with Gasteiger partial charge >= 0.3 is 0 Å². The molecule has 1 heterocycles. The number of aliphatic hydroxyl groups excluding tert-OH is 1. The molecule has 0 aliphatic heterocycles.